The predicted octanol–water partition coefficient (Wildman–Crippen LogP) is 3.79. The number of halogens is 3. The first-order valence-corrected chi connectivity index (χ1v) is 6.20. The zero-order valence-corrected chi connectivity index (χ0v) is 11.4. The minimum absolute atomic E-state index is 0.141. The normalized spacial score (nSPS) is 14.0. The average Bonchev–Trinajstić information content (AvgIpc) is 2.42. The van der Waals surface area contributed by atoms with Gasteiger partial charge in [-0.1, -0.05) is 30.3 Å². The maximum absolute atomic E-state index is 12.3. The van der Waals surface area contributed by atoms with Crippen molar-refractivity contribution >= 4 is 6.09 Å². The summed E-state index contributed by atoms with van der Waals surface area (Å²) in [5, 5.41) is 18.4. The molecule has 0 aromatic heterocycles. The summed E-state index contributed by atoms with van der Waals surface area (Å²) in [5.74, 6) is 0. The second kappa shape index (κ2) is 6.48. The molecule has 0 aliphatic heterocycles. The first kappa shape index (κ1) is 16.8. The van der Waals surface area contributed by atoms with Crippen molar-refractivity contribution in [3.05, 3.63) is 35.9 Å². The van der Waals surface area contributed by atoms with E-state index in [-0.39, 0.29) is 6.54 Å². The van der Waals surface area contributed by atoms with E-state index in [0.29, 0.717) is 5.56 Å². The molecule has 7 heteroatoms. The molecule has 0 saturated carbocycles. The Morgan fingerprint density at radius 2 is 1.86 bits per heavy atom. The quantitative estimate of drug-likeness (QED) is 0.899. The smallest absolute Gasteiger partial charge is 0.408 e. The molecule has 0 spiro atoms. The Hall–Kier alpha value is -2.23. The molecular weight excluding hydrogens is 285 g/mol. The first-order chi connectivity index (χ1) is 9.68. The van der Waals surface area contributed by atoms with E-state index in [2.05, 4.69) is 0 Å². The number of amides is 1. The number of hydrogen-bond donors (Lipinski definition) is 1. The van der Waals surface area contributed by atoms with Gasteiger partial charge in [-0.3, -0.25) is 4.90 Å². The Bertz CT molecular complexity index is 525. The standard InChI is InChI=1S/C14H15F3N2O2/c1-13(10-18,7-8-14(15,16)17)19(12(20)21)9-11-5-3-2-4-6-11/h2-6H,7-9H2,1H3,(H,20,21). The van der Waals surface area contributed by atoms with E-state index in [1.807, 2.05) is 0 Å². The summed E-state index contributed by atoms with van der Waals surface area (Å²) in [4.78, 5) is 12.1. The van der Waals surface area contributed by atoms with Crippen molar-refractivity contribution in [1.29, 1.82) is 5.26 Å². The monoisotopic (exact) mass is 300 g/mol. The molecule has 1 amide bonds. The lowest BCUT2D eigenvalue weighted by molar-refractivity contribution is -0.139. The zero-order valence-electron chi connectivity index (χ0n) is 11.4. The lowest BCUT2D eigenvalue weighted by Crippen LogP contribution is -2.48. The maximum atomic E-state index is 12.3. The molecule has 114 valence electrons. The molecule has 0 aliphatic carbocycles. The van der Waals surface area contributed by atoms with Gasteiger partial charge in [0, 0.05) is 6.42 Å². The molecule has 0 radical (unpaired) electrons. The SMILES string of the molecule is CC(C#N)(CCC(F)(F)F)N(Cc1ccccc1)C(=O)O. The van der Waals surface area contributed by atoms with E-state index in [4.69, 9.17) is 5.26 Å². The van der Waals surface area contributed by atoms with Crippen LogP contribution in [-0.4, -0.2) is 27.8 Å². The van der Waals surface area contributed by atoms with Gasteiger partial charge >= 0.3 is 12.3 Å². The van der Waals surface area contributed by atoms with Gasteiger partial charge in [-0.05, 0) is 18.9 Å². The highest BCUT2D eigenvalue weighted by Gasteiger charge is 2.39. The van der Waals surface area contributed by atoms with Crippen LogP contribution in [0.4, 0.5) is 18.0 Å². The summed E-state index contributed by atoms with van der Waals surface area (Å²) >= 11 is 0. The van der Waals surface area contributed by atoms with Crippen molar-refractivity contribution in [2.75, 3.05) is 0 Å². The Morgan fingerprint density at radius 3 is 2.29 bits per heavy atom. The van der Waals surface area contributed by atoms with Crippen LogP contribution in [-0.2, 0) is 6.54 Å². The lowest BCUT2D eigenvalue weighted by atomic mass is 9.94. The molecule has 1 aromatic rings. The van der Waals surface area contributed by atoms with Crippen molar-refractivity contribution in [3.8, 4) is 6.07 Å². The van der Waals surface area contributed by atoms with Gasteiger partial charge in [0.25, 0.3) is 0 Å². The van der Waals surface area contributed by atoms with E-state index in [1.165, 1.54) is 6.92 Å². The number of alkyl halides is 3. The molecule has 0 bridgehead atoms. The molecule has 1 aromatic carbocycles. The van der Waals surface area contributed by atoms with Gasteiger partial charge in [-0.25, -0.2) is 4.79 Å². The Balaban J connectivity index is 2.95. The number of carboxylic acid groups (broad SMARTS) is 1. The van der Waals surface area contributed by atoms with Gasteiger partial charge in [0.15, 0.2) is 0 Å². The first-order valence-electron chi connectivity index (χ1n) is 6.20. The minimum atomic E-state index is -4.44. The van der Waals surface area contributed by atoms with Crippen LogP contribution in [0, 0.1) is 11.3 Å². The molecular formula is C14H15F3N2O2. The van der Waals surface area contributed by atoms with E-state index in [0.717, 1.165) is 4.90 Å². The summed E-state index contributed by atoms with van der Waals surface area (Å²) in [5.41, 5.74) is -1.13. The Labute approximate surface area is 120 Å². The summed E-state index contributed by atoms with van der Waals surface area (Å²) < 4.78 is 37.0. The zero-order chi connectivity index (χ0) is 16.1. The van der Waals surface area contributed by atoms with Crippen LogP contribution >= 0.6 is 0 Å². The molecule has 0 heterocycles. The van der Waals surface area contributed by atoms with E-state index in [1.54, 1.807) is 36.4 Å². The molecule has 1 atom stereocenters. The van der Waals surface area contributed by atoms with Crippen LogP contribution in [0.15, 0.2) is 30.3 Å². The number of nitrogens with zero attached hydrogens (tertiary/aromatic N) is 2. The van der Waals surface area contributed by atoms with Crippen LogP contribution in [0.3, 0.4) is 0 Å². The van der Waals surface area contributed by atoms with Crippen molar-refractivity contribution in [2.24, 2.45) is 0 Å². The molecule has 1 unspecified atom stereocenters. The third kappa shape index (κ3) is 4.99. The third-order valence-corrected chi connectivity index (χ3v) is 3.15. The second-order valence-electron chi connectivity index (χ2n) is 4.86. The minimum Gasteiger partial charge on any atom is -0.465 e. The number of carbonyl (C=O) groups is 1. The molecule has 0 aliphatic rings. The largest absolute Gasteiger partial charge is 0.465 e. The van der Waals surface area contributed by atoms with Crippen LogP contribution in [0.25, 0.3) is 0 Å². The van der Waals surface area contributed by atoms with E-state index < -0.39 is 30.7 Å². The highest BCUT2D eigenvalue weighted by atomic mass is 19.4. The molecule has 4 nitrogen and oxygen atoms in total. The highest BCUT2D eigenvalue weighted by Crippen LogP contribution is 2.30. The third-order valence-electron chi connectivity index (χ3n) is 3.15. The van der Waals surface area contributed by atoms with Crippen LogP contribution in [0.5, 0.6) is 0 Å². The summed E-state index contributed by atoms with van der Waals surface area (Å²) in [7, 11) is 0. The van der Waals surface area contributed by atoms with Crippen LogP contribution < -0.4 is 0 Å². The number of hydrogen-bond acceptors (Lipinski definition) is 2. The molecule has 1 N–H and O–H groups in total. The molecule has 1 rings (SSSR count). The van der Waals surface area contributed by atoms with Crippen molar-refractivity contribution in [2.45, 2.75) is 38.0 Å². The van der Waals surface area contributed by atoms with Gasteiger partial charge in [0.05, 0.1) is 12.6 Å². The lowest BCUT2D eigenvalue weighted by Gasteiger charge is -2.34. The Kier molecular flexibility index (Phi) is 5.19. The highest BCUT2D eigenvalue weighted by molar-refractivity contribution is 5.67. The predicted molar refractivity (Wildman–Crippen MR) is 69.3 cm³/mol. The molecule has 21 heavy (non-hydrogen) atoms. The van der Waals surface area contributed by atoms with Gasteiger partial charge in [0.2, 0.25) is 0 Å². The Morgan fingerprint density at radius 1 is 1.29 bits per heavy atom. The van der Waals surface area contributed by atoms with Gasteiger partial charge in [-0.2, -0.15) is 18.4 Å². The van der Waals surface area contributed by atoms with Gasteiger partial charge < -0.3 is 5.11 Å². The topological polar surface area (TPSA) is 64.3 Å². The van der Waals surface area contributed by atoms with Crippen molar-refractivity contribution in [1.82, 2.24) is 4.90 Å². The van der Waals surface area contributed by atoms with Crippen LogP contribution in [0.2, 0.25) is 0 Å². The summed E-state index contributed by atoms with van der Waals surface area (Å²) in [6.07, 6.45) is -7.68. The van der Waals surface area contributed by atoms with Crippen molar-refractivity contribution in [3.63, 3.8) is 0 Å². The molecule has 0 fully saturated rings. The van der Waals surface area contributed by atoms with Gasteiger partial charge in [-0.15, -0.1) is 0 Å². The van der Waals surface area contributed by atoms with Gasteiger partial charge in [0.1, 0.15) is 5.54 Å². The number of nitriles is 1. The van der Waals surface area contributed by atoms with Crippen LogP contribution in [0.1, 0.15) is 25.3 Å². The van der Waals surface area contributed by atoms with E-state index >= 15 is 0 Å². The second-order valence-corrected chi connectivity index (χ2v) is 4.86. The molecule has 0 saturated heterocycles. The van der Waals surface area contributed by atoms with Crippen molar-refractivity contribution < 1.29 is 23.1 Å². The fraction of sp³-hybridized carbons (Fsp3) is 0.429. The number of benzene rings is 1. The fourth-order valence-electron chi connectivity index (χ4n) is 1.86. The fourth-order valence-corrected chi connectivity index (χ4v) is 1.86. The average molecular weight is 300 g/mol. The maximum Gasteiger partial charge on any atom is 0.408 e. The summed E-state index contributed by atoms with van der Waals surface area (Å²) in [6.45, 7) is 1.06. The van der Waals surface area contributed by atoms with E-state index in [9.17, 15) is 23.1 Å². The summed E-state index contributed by atoms with van der Waals surface area (Å²) in [6, 6.07) is 10.1. The number of rotatable bonds is 5.